The third-order valence-electron chi connectivity index (χ3n) is 5.08. The van der Waals surface area contributed by atoms with Crippen molar-refractivity contribution in [3.63, 3.8) is 0 Å². The number of likely N-dealkylation sites (tertiary alicyclic amines) is 1. The van der Waals surface area contributed by atoms with Gasteiger partial charge in [0.05, 0.1) is 0 Å². The van der Waals surface area contributed by atoms with Crippen LogP contribution in [-0.4, -0.2) is 29.6 Å². The Hall–Kier alpha value is -0.860. The van der Waals surface area contributed by atoms with Crippen LogP contribution in [0, 0.1) is 0 Å². The molecule has 1 aromatic rings. The molecule has 2 unspecified atom stereocenters. The maximum Gasteiger partial charge on any atom is 0.0372 e. The molecule has 112 valence electrons. The zero-order valence-electron chi connectivity index (χ0n) is 13.1. The number of hydrogen-bond donors (Lipinski definition) is 1. The Morgan fingerprint density at radius 1 is 1.20 bits per heavy atom. The van der Waals surface area contributed by atoms with Crippen molar-refractivity contribution in [3.8, 4) is 0 Å². The summed E-state index contributed by atoms with van der Waals surface area (Å²) in [7, 11) is 0. The molecule has 1 saturated heterocycles. The Kier molecular flexibility index (Phi) is 5.62. The monoisotopic (exact) mass is 274 g/mol. The standard InChI is InChI=1S/C18H30N2/c1-3-18(15-19,14-17-11-7-4-8-12-17)20-13-9-5-6-10-16(20)2/h4,7-8,11-12,16H,3,5-6,9-10,13-15,19H2,1-2H3. The lowest BCUT2D eigenvalue weighted by atomic mass is 9.85. The number of nitrogens with two attached hydrogens (primary N) is 1. The molecular weight excluding hydrogens is 244 g/mol. The van der Waals surface area contributed by atoms with E-state index in [1.165, 1.54) is 37.8 Å². The average Bonchev–Trinajstić information content (AvgIpc) is 2.71. The normalized spacial score (nSPS) is 24.1. The Labute approximate surface area is 124 Å². The van der Waals surface area contributed by atoms with E-state index in [9.17, 15) is 0 Å². The number of benzene rings is 1. The van der Waals surface area contributed by atoms with Crippen LogP contribution in [0.15, 0.2) is 30.3 Å². The molecule has 2 rings (SSSR count). The molecule has 0 radical (unpaired) electrons. The van der Waals surface area contributed by atoms with Crippen molar-refractivity contribution < 1.29 is 0 Å². The Bertz CT molecular complexity index is 384. The second kappa shape index (κ2) is 7.24. The first kappa shape index (κ1) is 15.5. The quantitative estimate of drug-likeness (QED) is 0.889. The minimum absolute atomic E-state index is 0.130. The van der Waals surface area contributed by atoms with Gasteiger partial charge in [0.25, 0.3) is 0 Å². The molecule has 1 aromatic carbocycles. The van der Waals surface area contributed by atoms with E-state index in [0.717, 1.165) is 19.4 Å². The van der Waals surface area contributed by atoms with Crippen molar-refractivity contribution in [1.82, 2.24) is 4.90 Å². The van der Waals surface area contributed by atoms with E-state index < -0.39 is 0 Å². The van der Waals surface area contributed by atoms with Gasteiger partial charge in [-0.1, -0.05) is 50.1 Å². The molecule has 20 heavy (non-hydrogen) atoms. The second-order valence-corrected chi connectivity index (χ2v) is 6.34. The average molecular weight is 274 g/mol. The summed E-state index contributed by atoms with van der Waals surface area (Å²) in [6, 6.07) is 11.5. The van der Waals surface area contributed by atoms with Gasteiger partial charge in [0, 0.05) is 18.1 Å². The van der Waals surface area contributed by atoms with Gasteiger partial charge < -0.3 is 5.73 Å². The van der Waals surface area contributed by atoms with E-state index in [1.54, 1.807) is 0 Å². The first-order valence-electron chi connectivity index (χ1n) is 8.22. The molecule has 1 heterocycles. The smallest absolute Gasteiger partial charge is 0.0372 e. The minimum Gasteiger partial charge on any atom is -0.329 e. The van der Waals surface area contributed by atoms with Crippen LogP contribution in [-0.2, 0) is 6.42 Å². The zero-order valence-corrected chi connectivity index (χ0v) is 13.1. The van der Waals surface area contributed by atoms with Crippen molar-refractivity contribution in [2.75, 3.05) is 13.1 Å². The molecule has 0 aliphatic carbocycles. The molecule has 2 nitrogen and oxygen atoms in total. The molecule has 0 saturated carbocycles. The molecule has 2 atom stereocenters. The van der Waals surface area contributed by atoms with Crippen LogP contribution in [0.3, 0.4) is 0 Å². The maximum atomic E-state index is 6.27. The Morgan fingerprint density at radius 2 is 1.95 bits per heavy atom. The van der Waals surface area contributed by atoms with Gasteiger partial charge in [-0.2, -0.15) is 0 Å². The third-order valence-corrected chi connectivity index (χ3v) is 5.08. The van der Waals surface area contributed by atoms with Gasteiger partial charge in [-0.05, 0) is 44.7 Å². The van der Waals surface area contributed by atoms with Crippen molar-refractivity contribution in [2.45, 2.75) is 64.0 Å². The third kappa shape index (κ3) is 3.42. The molecule has 2 heteroatoms. The van der Waals surface area contributed by atoms with Gasteiger partial charge in [-0.25, -0.2) is 0 Å². The Balaban J connectivity index is 2.23. The largest absolute Gasteiger partial charge is 0.329 e. The van der Waals surface area contributed by atoms with Crippen LogP contribution in [0.25, 0.3) is 0 Å². The highest BCUT2D eigenvalue weighted by atomic mass is 15.2. The van der Waals surface area contributed by atoms with Crippen LogP contribution < -0.4 is 5.73 Å². The van der Waals surface area contributed by atoms with Crippen LogP contribution in [0.1, 0.15) is 51.5 Å². The summed E-state index contributed by atoms with van der Waals surface area (Å²) < 4.78 is 0. The molecule has 1 fully saturated rings. The summed E-state index contributed by atoms with van der Waals surface area (Å²) in [4.78, 5) is 2.72. The first-order valence-corrected chi connectivity index (χ1v) is 8.22. The van der Waals surface area contributed by atoms with Gasteiger partial charge >= 0.3 is 0 Å². The number of hydrogen-bond acceptors (Lipinski definition) is 2. The van der Waals surface area contributed by atoms with Crippen molar-refractivity contribution in [2.24, 2.45) is 5.73 Å². The van der Waals surface area contributed by atoms with Gasteiger partial charge in [-0.15, -0.1) is 0 Å². The minimum atomic E-state index is 0.130. The van der Waals surface area contributed by atoms with Gasteiger partial charge in [0.2, 0.25) is 0 Å². The summed E-state index contributed by atoms with van der Waals surface area (Å²) in [5.74, 6) is 0. The molecule has 0 amide bonds. The molecule has 2 N–H and O–H groups in total. The second-order valence-electron chi connectivity index (χ2n) is 6.34. The molecule has 0 spiro atoms. The van der Waals surface area contributed by atoms with Crippen molar-refractivity contribution in [1.29, 1.82) is 0 Å². The zero-order chi connectivity index (χ0) is 14.4. The van der Waals surface area contributed by atoms with Crippen LogP contribution in [0.2, 0.25) is 0 Å². The lowest BCUT2D eigenvalue weighted by Crippen LogP contribution is -2.58. The number of rotatable bonds is 5. The fourth-order valence-corrected chi connectivity index (χ4v) is 3.72. The maximum absolute atomic E-state index is 6.27. The lowest BCUT2D eigenvalue weighted by molar-refractivity contribution is 0.0531. The van der Waals surface area contributed by atoms with E-state index >= 15 is 0 Å². The van der Waals surface area contributed by atoms with Crippen molar-refractivity contribution in [3.05, 3.63) is 35.9 Å². The van der Waals surface area contributed by atoms with Gasteiger partial charge in [0.15, 0.2) is 0 Å². The fourth-order valence-electron chi connectivity index (χ4n) is 3.72. The van der Waals surface area contributed by atoms with E-state index in [0.29, 0.717) is 6.04 Å². The number of nitrogens with zero attached hydrogens (tertiary/aromatic N) is 1. The molecule has 0 bridgehead atoms. The topological polar surface area (TPSA) is 29.3 Å². The first-order chi connectivity index (χ1) is 9.72. The molecule has 1 aliphatic heterocycles. The van der Waals surface area contributed by atoms with Crippen LogP contribution in [0.4, 0.5) is 0 Å². The SMILES string of the molecule is CCC(CN)(Cc1ccccc1)N1CCCCCC1C. The highest BCUT2D eigenvalue weighted by Gasteiger charge is 2.37. The summed E-state index contributed by atoms with van der Waals surface area (Å²) in [6.07, 6.45) is 7.58. The van der Waals surface area contributed by atoms with E-state index in [2.05, 4.69) is 49.1 Å². The van der Waals surface area contributed by atoms with Gasteiger partial charge in [0.1, 0.15) is 0 Å². The van der Waals surface area contributed by atoms with E-state index in [1.807, 2.05) is 0 Å². The molecular formula is C18H30N2. The summed E-state index contributed by atoms with van der Waals surface area (Å²) in [5.41, 5.74) is 7.81. The van der Waals surface area contributed by atoms with E-state index in [-0.39, 0.29) is 5.54 Å². The van der Waals surface area contributed by atoms with Crippen LogP contribution >= 0.6 is 0 Å². The summed E-state index contributed by atoms with van der Waals surface area (Å²) >= 11 is 0. The lowest BCUT2D eigenvalue weighted by Gasteiger charge is -2.46. The molecule has 1 aliphatic rings. The predicted octanol–water partition coefficient (Wildman–Crippen LogP) is 3.60. The predicted molar refractivity (Wildman–Crippen MR) is 86.9 cm³/mol. The highest BCUT2D eigenvalue weighted by molar-refractivity contribution is 5.18. The Morgan fingerprint density at radius 3 is 2.60 bits per heavy atom. The molecule has 0 aromatic heterocycles. The summed E-state index contributed by atoms with van der Waals surface area (Å²) in [5, 5.41) is 0. The van der Waals surface area contributed by atoms with E-state index in [4.69, 9.17) is 5.73 Å². The van der Waals surface area contributed by atoms with Crippen molar-refractivity contribution >= 4 is 0 Å². The summed E-state index contributed by atoms with van der Waals surface area (Å²) in [6.45, 7) is 6.64. The highest BCUT2D eigenvalue weighted by Crippen LogP contribution is 2.30. The fraction of sp³-hybridized carbons (Fsp3) is 0.667. The van der Waals surface area contributed by atoms with Crippen LogP contribution in [0.5, 0.6) is 0 Å². The van der Waals surface area contributed by atoms with Gasteiger partial charge in [-0.3, -0.25) is 4.90 Å².